The zero-order chi connectivity index (χ0) is 20.9. The number of hydrogen-bond donors (Lipinski definition) is 1. The molecule has 2 atom stereocenters. The van der Waals surface area contributed by atoms with Crippen LogP contribution in [-0.2, 0) is 24.7 Å². The van der Waals surface area contributed by atoms with Gasteiger partial charge in [0.2, 0.25) is 5.91 Å². The van der Waals surface area contributed by atoms with Crippen molar-refractivity contribution in [2.24, 2.45) is 11.0 Å². The predicted molar refractivity (Wildman–Crippen MR) is 108 cm³/mol. The second-order valence-electron chi connectivity index (χ2n) is 7.12. The van der Waals surface area contributed by atoms with Gasteiger partial charge >= 0.3 is 5.97 Å². The number of anilines is 1. The lowest BCUT2D eigenvalue weighted by atomic mass is 9.79. The smallest absolute Gasteiger partial charge is 0.355 e. The molecule has 2 aliphatic rings. The number of fused-ring (bicyclic) bond motifs is 1. The third-order valence-corrected chi connectivity index (χ3v) is 5.61. The number of aryl methyl sites for hydroxylation is 2. The number of carbonyl (C=O) groups excluding carboxylic acids is 3. The molecule has 7 nitrogen and oxygen atoms in total. The summed E-state index contributed by atoms with van der Waals surface area (Å²) in [6.45, 7) is 3.76. The number of carbonyl (C=O) groups is 3. The molecule has 0 radical (unpaired) electrons. The van der Waals surface area contributed by atoms with E-state index in [2.05, 4.69) is 10.5 Å². The van der Waals surface area contributed by atoms with E-state index in [1.165, 1.54) is 7.11 Å². The normalized spacial score (nSPS) is 23.0. The van der Waals surface area contributed by atoms with E-state index in [0.29, 0.717) is 16.3 Å². The fraction of sp³-hybridized carbons (Fsp3) is 0.238. The monoisotopic (exact) mass is 411 g/mol. The molecule has 2 amide bonds. The lowest BCUT2D eigenvalue weighted by molar-refractivity contribution is -0.133. The molecule has 2 heterocycles. The van der Waals surface area contributed by atoms with Gasteiger partial charge in [0.05, 0.1) is 12.8 Å². The molecule has 0 saturated carbocycles. The zero-order valence-corrected chi connectivity index (χ0v) is 16.8. The van der Waals surface area contributed by atoms with Gasteiger partial charge in [0.1, 0.15) is 5.92 Å². The highest BCUT2D eigenvalue weighted by molar-refractivity contribution is 6.47. The number of benzene rings is 2. The molecule has 0 unspecified atom stereocenters. The van der Waals surface area contributed by atoms with Gasteiger partial charge in [-0.15, -0.1) is 0 Å². The molecule has 1 saturated heterocycles. The van der Waals surface area contributed by atoms with Crippen LogP contribution in [0, 0.1) is 19.8 Å². The molecule has 0 aliphatic carbocycles. The van der Waals surface area contributed by atoms with Gasteiger partial charge in [-0.1, -0.05) is 41.4 Å². The van der Waals surface area contributed by atoms with E-state index in [1.807, 2.05) is 26.0 Å². The van der Waals surface area contributed by atoms with Crippen LogP contribution < -0.4 is 10.3 Å². The van der Waals surface area contributed by atoms with Gasteiger partial charge in [-0.05, 0) is 43.2 Å². The van der Waals surface area contributed by atoms with Crippen LogP contribution in [0.5, 0.6) is 0 Å². The Hall–Kier alpha value is -3.19. The Morgan fingerprint density at radius 1 is 1.17 bits per heavy atom. The number of rotatable bonds is 3. The third kappa shape index (κ3) is 2.65. The van der Waals surface area contributed by atoms with Gasteiger partial charge in [0.15, 0.2) is 11.3 Å². The van der Waals surface area contributed by atoms with E-state index >= 15 is 0 Å². The van der Waals surface area contributed by atoms with Crippen molar-refractivity contribution in [3.05, 3.63) is 64.2 Å². The van der Waals surface area contributed by atoms with Gasteiger partial charge in [-0.3, -0.25) is 15.0 Å². The quantitative estimate of drug-likeness (QED) is 0.619. The van der Waals surface area contributed by atoms with Crippen molar-refractivity contribution in [3.8, 4) is 0 Å². The van der Waals surface area contributed by atoms with Crippen LogP contribution >= 0.6 is 11.6 Å². The summed E-state index contributed by atoms with van der Waals surface area (Å²) in [5.74, 6) is -2.96. The van der Waals surface area contributed by atoms with Crippen molar-refractivity contribution in [2.75, 3.05) is 12.0 Å². The first-order valence-electron chi connectivity index (χ1n) is 8.96. The second-order valence-corrected chi connectivity index (χ2v) is 7.55. The highest BCUT2D eigenvalue weighted by atomic mass is 35.5. The van der Waals surface area contributed by atoms with Crippen LogP contribution in [-0.4, -0.2) is 30.6 Å². The summed E-state index contributed by atoms with van der Waals surface area (Å²) in [5, 5.41) is 4.50. The van der Waals surface area contributed by atoms with Gasteiger partial charge in [0.25, 0.3) is 5.91 Å². The summed E-state index contributed by atoms with van der Waals surface area (Å²) >= 11 is 6.00. The van der Waals surface area contributed by atoms with Crippen molar-refractivity contribution >= 4 is 40.8 Å². The minimum Gasteiger partial charge on any atom is -0.464 e. The minimum absolute atomic E-state index is 0.131. The van der Waals surface area contributed by atoms with E-state index in [9.17, 15) is 14.4 Å². The standard InChI is InChI=1S/C21H18ClN3O4/c1-11-4-9-15(12(2)10-11)25-18(26)16-17(19(27)29-3)23-24-21(16,20(25)28)13-5-7-14(22)8-6-13/h4-10,16,24H,1-3H3/t16-,21-/m1/s1. The molecular formula is C21H18ClN3O4. The highest BCUT2D eigenvalue weighted by Gasteiger charge is 2.67. The molecule has 1 N–H and O–H groups in total. The first-order chi connectivity index (χ1) is 13.8. The summed E-state index contributed by atoms with van der Waals surface area (Å²) in [4.78, 5) is 40.6. The first kappa shape index (κ1) is 19.1. The fourth-order valence-corrected chi connectivity index (χ4v) is 4.11. The Morgan fingerprint density at radius 2 is 1.86 bits per heavy atom. The molecule has 1 fully saturated rings. The van der Waals surface area contributed by atoms with Crippen LogP contribution in [0.1, 0.15) is 16.7 Å². The number of nitrogens with one attached hydrogen (secondary N) is 1. The molecule has 148 valence electrons. The van der Waals surface area contributed by atoms with Crippen LogP contribution in [0.3, 0.4) is 0 Å². The minimum atomic E-state index is -1.54. The number of esters is 1. The molecule has 0 spiro atoms. The van der Waals surface area contributed by atoms with Gasteiger partial charge < -0.3 is 4.74 Å². The number of halogens is 1. The first-order valence-corrected chi connectivity index (χ1v) is 9.34. The van der Waals surface area contributed by atoms with E-state index in [1.54, 1.807) is 30.3 Å². The summed E-state index contributed by atoms with van der Waals surface area (Å²) in [6.07, 6.45) is 0. The zero-order valence-electron chi connectivity index (χ0n) is 16.0. The van der Waals surface area contributed by atoms with Crippen molar-refractivity contribution in [1.29, 1.82) is 0 Å². The molecule has 8 heteroatoms. The van der Waals surface area contributed by atoms with Gasteiger partial charge in [0, 0.05) is 5.02 Å². The maximum absolute atomic E-state index is 13.7. The average molecular weight is 412 g/mol. The number of hydrazone groups is 1. The van der Waals surface area contributed by atoms with E-state index < -0.39 is 29.2 Å². The number of nitrogens with zero attached hydrogens (tertiary/aromatic N) is 2. The number of amides is 2. The van der Waals surface area contributed by atoms with Crippen LogP contribution in [0.15, 0.2) is 47.6 Å². The Labute approximate surface area is 172 Å². The lowest BCUT2D eigenvalue weighted by Gasteiger charge is -2.26. The molecular weight excluding hydrogens is 394 g/mol. The van der Waals surface area contributed by atoms with E-state index in [-0.39, 0.29) is 5.71 Å². The number of ether oxygens (including phenoxy) is 1. The molecule has 2 aromatic rings. The Kier molecular flexibility index (Phi) is 4.42. The molecule has 0 aromatic heterocycles. The largest absolute Gasteiger partial charge is 0.464 e. The highest BCUT2D eigenvalue weighted by Crippen LogP contribution is 2.45. The number of methoxy groups -OCH3 is 1. The third-order valence-electron chi connectivity index (χ3n) is 5.35. The average Bonchev–Trinajstić information content (AvgIpc) is 3.19. The predicted octanol–water partition coefficient (Wildman–Crippen LogP) is 2.47. The maximum atomic E-state index is 13.7. The summed E-state index contributed by atoms with van der Waals surface area (Å²) < 4.78 is 4.79. The lowest BCUT2D eigenvalue weighted by Crippen LogP contribution is -2.48. The number of imide groups is 1. The molecule has 2 aromatic carbocycles. The van der Waals surface area contributed by atoms with E-state index in [4.69, 9.17) is 16.3 Å². The van der Waals surface area contributed by atoms with Crippen LogP contribution in [0.2, 0.25) is 5.02 Å². The Balaban J connectivity index is 1.91. The van der Waals surface area contributed by atoms with Crippen molar-refractivity contribution in [3.63, 3.8) is 0 Å². The van der Waals surface area contributed by atoms with Crippen molar-refractivity contribution in [2.45, 2.75) is 19.4 Å². The van der Waals surface area contributed by atoms with Crippen molar-refractivity contribution in [1.82, 2.24) is 5.43 Å². The van der Waals surface area contributed by atoms with E-state index in [0.717, 1.165) is 16.0 Å². The fourth-order valence-electron chi connectivity index (χ4n) is 3.98. The molecule has 29 heavy (non-hydrogen) atoms. The Morgan fingerprint density at radius 3 is 2.48 bits per heavy atom. The number of hydrogen-bond acceptors (Lipinski definition) is 6. The molecule has 0 bridgehead atoms. The summed E-state index contributed by atoms with van der Waals surface area (Å²) in [7, 11) is 1.20. The second kappa shape index (κ2) is 6.70. The van der Waals surface area contributed by atoms with Gasteiger partial charge in [-0.2, -0.15) is 5.10 Å². The van der Waals surface area contributed by atoms with Crippen LogP contribution in [0.4, 0.5) is 5.69 Å². The molecule has 4 rings (SSSR count). The summed E-state index contributed by atoms with van der Waals surface area (Å²) in [6, 6.07) is 12.0. The SMILES string of the molecule is COC(=O)C1=NN[C@@]2(c3ccc(Cl)cc3)C(=O)N(c3ccc(C)cc3C)C(=O)[C@@H]12. The Bertz CT molecular complexity index is 1080. The van der Waals surface area contributed by atoms with Gasteiger partial charge in [-0.25, -0.2) is 9.69 Å². The summed E-state index contributed by atoms with van der Waals surface area (Å²) in [5.41, 5.74) is 3.84. The maximum Gasteiger partial charge on any atom is 0.355 e. The van der Waals surface area contributed by atoms with Crippen molar-refractivity contribution < 1.29 is 19.1 Å². The molecule has 2 aliphatic heterocycles. The van der Waals surface area contributed by atoms with Crippen LogP contribution in [0.25, 0.3) is 0 Å². The topological polar surface area (TPSA) is 88.1 Å².